The van der Waals surface area contributed by atoms with Gasteiger partial charge < -0.3 is 14.2 Å². The van der Waals surface area contributed by atoms with E-state index in [2.05, 4.69) is 25.1 Å². The number of hydrogen-bond donors (Lipinski definition) is 0. The van der Waals surface area contributed by atoms with Crippen LogP contribution >= 0.6 is 0 Å². The van der Waals surface area contributed by atoms with Crippen LogP contribution in [0.3, 0.4) is 0 Å². The monoisotopic (exact) mass is 466 g/mol. The van der Waals surface area contributed by atoms with Gasteiger partial charge in [-0.15, -0.1) is 0 Å². The number of benzene rings is 2. The summed E-state index contributed by atoms with van der Waals surface area (Å²) >= 11 is 0. The van der Waals surface area contributed by atoms with Gasteiger partial charge in [-0.2, -0.15) is 28.8 Å². The van der Waals surface area contributed by atoms with Gasteiger partial charge in [0.15, 0.2) is 0 Å². The molecule has 0 radical (unpaired) electrons. The number of halogens is 2. The summed E-state index contributed by atoms with van der Waals surface area (Å²) in [7, 11) is 0. The van der Waals surface area contributed by atoms with E-state index in [1.165, 1.54) is 10.9 Å². The molecule has 9 nitrogen and oxygen atoms in total. The Morgan fingerprint density at radius 2 is 1.97 bits per heavy atom. The largest absolute Gasteiger partial charge is 0.434 e. The van der Waals surface area contributed by atoms with Crippen molar-refractivity contribution in [3.63, 3.8) is 0 Å². The Hall–Kier alpha value is -4.15. The number of likely N-dealkylation sites (tertiary alicyclic amines) is 1. The second-order valence-electron chi connectivity index (χ2n) is 7.83. The predicted molar refractivity (Wildman–Crippen MR) is 115 cm³/mol. The topological polar surface area (TPSA) is 99.2 Å². The lowest BCUT2D eigenvalue weighted by Crippen LogP contribution is -2.31. The lowest BCUT2D eigenvalue weighted by Gasteiger charge is -2.23. The molecule has 0 aliphatic carbocycles. The first kappa shape index (κ1) is 21.7. The minimum absolute atomic E-state index is 0.0553. The average Bonchev–Trinajstić information content (AvgIpc) is 3.60. The van der Waals surface area contributed by atoms with E-state index in [0.29, 0.717) is 24.2 Å². The molecular formula is C23H20F2N6O3. The Bertz CT molecular complexity index is 1310. The summed E-state index contributed by atoms with van der Waals surface area (Å²) in [5.41, 5.74) is 2.27. The van der Waals surface area contributed by atoms with Crippen molar-refractivity contribution in [3.05, 3.63) is 71.9 Å². The maximum atomic E-state index is 13.6. The molecule has 0 bridgehead atoms. The summed E-state index contributed by atoms with van der Waals surface area (Å²) in [6.07, 6.45) is 4.47. The van der Waals surface area contributed by atoms with Gasteiger partial charge in [-0.05, 0) is 49.6 Å². The normalized spacial score (nSPS) is 15.8. The van der Waals surface area contributed by atoms with Crippen molar-refractivity contribution in [1.29, 1.82) is 0 Å². The fourth-order valence-corrected chi connectivity index (χ4v) is 4.08. The maximum absolute atomic E-state index is 13.6. The Balaban J connectivity index is 1.45. The number of aromatic nitrogens is 5. The first-order valence-electron chi connectivity index (χ1n) is 10.7. The van der Waals surface area contributed by atoms with Gasteiger partial charge in [-0.3, -0.25) is 4.79 Å². The van der Waals surface area contributed by atoms with Crippen molar-refractivity contribution < 1.29 is 22.8 Å². The second kappa shape index (κ2) is 9.00. The lowest BCUT2D eigenvalue weighted by molar-refractivity contribution is -0.0494. The van der Waals surface area contributed by atoms with Crippen LogP contribution in [0.4, 0.5) is 8.78 Å². The highest BCUT2D eigenvalue weighted by atomic mass is 19.3. The number of nitrogens with zero attached hydrogens (tertiary/aromatic N) is 6. The molecule has 1 aliphatic heterocycles. The lowest BCUT2D eigenvalue weighted by atomic mass is 10.1. The molecule has 2 aromatic heterocycles. The van der Waals surface area contributed by atoms with Crippen LogP contribution in [0.1, 0.15) is 40.7 Å². The van der Waals surface area contributed by atoms with Crippen molar-refractivity contribution in [2.75, 3.05) is 6.54 Å². The van der Waals surface area contributed by atoms with E-state index in [0.717, 1.165) is 12.0 Å². The average molecular weight is 466 g/mol. The van der Waals surface area contributed by atoms with Crippen LogP contribution in [0.25, 0.3) is 17.1 Å². The molecule has 1 fully saturated rings. The molecule has 2 aromatic carbocycles. The molecule has 1 amide bonds. The number of rotatable bonds is 6. The summed E-state index contributed by atoms with van der Waals surface area (Å²) < 4.78 is 35.6. The van der Waals surface area contributed by atoms with Gasteiger partial charge in [0.2, 0.25) is 11.7 Å². The van der Waals surface area contributed by atoms with Crippen LogP contribution in [0, 0.1) is 6.92 Å². The van der Waals surface area contributed by atoms with E-state index in [9.17, 15) is 13.6 Å². The molecule has 4 aromatic rings. The molecule has 34 heavy (non-hydrogen) atoms. The van der Waals surface area contributed by atoms with Crippen LogP contribution in [0.15, 0.2) is 59.4 Å². The number of hydrogen-bond acceptors (Lipinski definition) is 7. The van der Waals surface area contributed by atoms with Crippen LogP contribution in [-0.2, 0) is 0 Å². The Morgan fingerprint density at radius 3 is 2.76 bits per heavy atom. The smallest absolute Gasteiger partial charge is 0.387 e. The second-order valence-corrected chi connectivity index (χ2v) is 7.83. The SMILES string of the molecule is Cc1ccc(C(=O)N2CCC[C@H]2c2nc(-c3ccccc3OC(F)F)no2)c(-n2nccn2)c1. The highest BCUT2D eigenvalue weighted by molar-refractivity contribution is 5.98. The first-order valence-corrected chi connectivity index (χ1v) is 10.7. The summed E-state index contributed by atoms with van der Waals surface area (Å²) in [5, 5.41) is 12.3. The molecule has 11 heteroatoms. The molecule has 5 rings (SSSR count). The molecule has 1 atom stereocenters. The van der Waals surface area contributed by atoms with E-state index in [-0.39, 0.29) is 28.9 Å². The first-order chi connectivity index (χ1) is 16.5. The molecular weight excluding hydrogens is 446 g/mol. The van der Waals surface area contributed by atoms with E-state index < -0.39 is 12.7 Å². The molecule has 0 N–H and O–H groups in total. The van der Waals surface area contributed by atoms with E-state index in [1.807, 2.05) is 19.1 Å². The molecule has 1 aliphatic rings. The number of carbonyl (C=O) groups excluding carboxylic acids is 1. The van der Waals surface area contributed by atoms with Crippen LogP contribution in [-0.4, -0.2) is 49.1 Å². The third-order valence-corrected chi connectivity index (χ3v) is 5.60. The van der Waals surface area contributed by atoms with E-state index >= 15 is 0 Å². The van der Waals surface area contributed by atoms with Crippen molar-refractivity contribution in [2.24, 2.45) is 0 Å². The van der Waals surface area contributed by atoms with Gasteiger partial charge in [0.05, 0.1) is 29.2 Å². The van der Waals surface area contributed by atoms with Crippen molar-refractivity contribution in [2.45, 2.75) is 32.4 Å². The minimum atomic E-state index is -2.98. The van der Waals surface area contributed by atoms with Gasteiger partial charge in [-0.1, -0.05) is 23.4 Å². The Morgan fingerprint density at radius 1 is 1.18 bits per heavy atom. The molecule has 3 heterocycles. The zero-order valence-electron chi connectivity index (χ0n) is 18.1. The van der Waals surface area contributed by atoms with Crippen LogP contribution < -0.4 is 4.74 Å². The summed E-state index contributed by atoms with van der Waals surface area (Å²) in [6, 6.07) is 11.2. The van der Waals surface area contributed by atoms with Gasteiger partial charge >= 0.3 is 6.61 Å². The zero-order chi connectivity index (χ0) is 23.7. The van der Waals surface area contributed by atoms with Gasteiger partial charge in [0.1, 0.15) is 11.8 Å². The molecule has 1 saturated heterocycles. The zero-order valence-corrected chi connectivity index (χ0v) is 18.1. The van der Waals surface area contributed by atoms with Gasteiger partial charge in [0.25, 0.3) is 5.91 Å². The number of ether oxygens (including phenoxy) is 1. The third kappa shape index (κ3) is 4.12. The van der Waals surface area contributed by atoms with Gasteiger partial charge in [0, 0.05) is 6.54 Å². The third-order valence-electron chi connectivity index (χ3n) is 5.60. The quantitative estimate of drug-likeness (QED) is 0.420. The number of alkyl halides is 2. The highest BCUT2D eigenvalue weighted by Gasteiger charge is 2.36. The fourth-order valence-electron chi connectivity index (χ4n) is 4.08. The van der Waals surface area contributed by atoms with Crippen molar-refractivity contribution >= 4 is 5.91 Å². The molecule has 0 saturated carbocycles. The van der Waals surface area contributed by atoms with Crippen molar-refractivity contribution in [3.8, 4) is 22.8 Å². The highest BCUT2D eigenvalue weighted by Crippen LogP contribution is 2.35. The van der Waals surface area contributed by atoms with E-state index in [1.54, 1.807) is 41.6 Å². The fraction of sp³-hybridized carbons (Fsp3) is 0.261. The summed E-state index contributed by atoms with van der Waals surface area (Å²) in [6.45, 7) is -0.551. The predicted octanol–water partition coefficient (Wildman–Crippen LogP) is 4.20. The Labute approximate surface area is 192 Å². The van der Waals surface area contributed by atoms with Crippen LogP contribution in [0.2, 0.25) is 0 Å². The van der Waals surface area contributed by atoms with Crippen molar-refractivity contribution in [1.82, 2.24) is 30.0 Å². The minimum Gasteiger partial charge on any atom is -0.434 e. The van der Waals surface area contributed by atoms with E-state index in [4.69, 9.17) is 4.52 Å². The summed E-state index contributed by atoms with van der Waals surface area (Å²) in [4.78, 5) is 21.1. The standard InChI is InChI=1S/C23H20F2N6O3/c1-14-8-9-15(18(13-14)31-26-10-11-27-31)22(32)30-12-4-6-17(30)21-28-20(29-34-21)16-5-2-3-7-19(16)33-23(24)25/h2-3,5,7-11,13,17,23H,4,6,12H2,1H3/t17-/m0/s1. The summed E-state index contributed by atoms with van der Waals surface area (Å²) in [5.74, 6) is 0.0806. The number of para-hydroxylation sites is 1. The molecule has 174 valence electrons. The molecule has 0 spiro atoms. The number of carbonyl (C=O) groups is 1. The number of aryl methyl sites for hydroxylation is 1. The Kier molecular flexibility index (Phi) is 5.74. The molecule has 0 unspecified atom stereocenters. The van der Waals surface area contributed by atoms with Gasteiger partial charge in [-0.25, -0.2) is 0 Å². The van der Waals surface area contributed by atoms with Crippen LogP contribution in [0.5, 0.6) is 5.75 Å². The number of amides is 1. The maximum Gasteiger partial charge on any atom is 0.387 e.